The van der Waals surface area contributed by atoms with Crippen LogP contribution in [0.3, 0.4) is 0 Å². The van der Waals surface area contributed by atoms with Crippen molar-refractivity contribution in [1.29, 1.82) is 5.26 Å². The van der Waals surface area contributed by atoms with Gasteiger partial charge in [-0.05, 0) is 6.07 Å². The van der Waals surface area contributed by atoms with Crippen LogP contribution in [-0.4, -0.2) is 18.0 Å². The molecular formula is C8H8N2O2. The maximum Gasteiger partial charge on any atom is 0.151 e. The lowest BCUT2D eigenvalue weighted by Gasteiger charge is -2.00. The van der Waals surface area contributed by atoms with Crippen molar-refractivity contribution >= 4 is 6.29 Å². The highest BCUT2D eigenvalue weighted by molar-refractivity contribution is 5.75. The van der Waals surface area contributed by atoms with Crippen LogP contribution in [0.2, 0.25) is 0 Å². The van der Waals surface area contributed by atoms with Gasteiger partial charge >= 0.3 is 0 Å². The summed E-state index contributed by atoms with van der Waals surface area (Å²) in [6.07, 6.45) is 2.28. The Morgan fingerprint density at radius 1 is 1.83 bits per heavy atom. The van der Waals surface area contributed by atoms with Crippen molar-refractivity contribution in [2.75, 3.05) is 7.11 Å². The first-order valence-electron chi connectivity index (χ1n) is 3.36. The van der Waals surface area contributed by atoms with Crippen LogP contribution < -0.4 is 0 Å². The van der Waals surface area contributed by atoms with Gasteiger partial charge in [-0.25, -0.2) is 0 Å². The molecule has 1 rings (SSSR count). The molecule has 12 heavy (non-hydrogen) atoms. The van der Waals surface area contributed by atoms with Crippen LogP contribution >= 0.6 is 0 Å². The van der Waals surface area contributed by atoms with Crippen molar-refractivity contribution < 1.29 is 9.53 Å². The van der Waals surface area contributed by atoms with Gasteiger partial charge in [-0.15, -0.1) is 0 Å². The van der Waals surface area contributed by atoms with E-state index in [-0.39, 0.29) is 6.73 Å². The third kappa shape index (κ3) is 1.52. The van der Waals surface area contributed by atoms with Gasteiger partial charge in [-0.1, -0.05) is 0 Å². The average Bonchev–Trinajstić information content (AvgIpc) is 2.48. The van der Waals surface area contributed by atoms with Crippen molar-refractivity contribution in [2.24, 2.45) is 0 Å². The fraction of sp³-hybridized carbons (Fsp3) is 0.250. The van der Waals surface area contributed by atoms with E-state index in [1.165, 1.54) is 13.2 Å². The molecule has 0 saturated heterocycles. The Morgan fingerprint density at radius 2 is 2.58 bits per heavy atom. The van der Waals surface area contributed by atoms with Crippen molar-refractivity contribution in [3.8, 4) is 6.07 Å². The predicted octanol–water partition coefficient (Wildman–Crippen LogP) is 0.776. The fourth-order valence-electron chi connectivity index (χ4n) is 0.934. The zero-order valence-electron chi connectivity index (χ0n) is 6.65. The molecule has 0 N–H and O–H groups in total. The van der Waals surface area contributed by atoms with E-state index in [9.17, 15) is 4.79 Å². The van der Waals surface area contributed by atoms with E-state index in [0.717, 1.165) is 0 Å². The number of hydrogen-bond donors (Lipinski definition) is 0. The lowest BCUT2D eigenvalue weighted by Crippen LogP contribution is -1.99. The van der Waals surface area contributed by atoms with Crippen LogP contribution in [0.15, 0.2) is 12.3 Å². The van der Waals surface area contributed by atoms with Crippen LogP contribution in [0.1, 0.15) is 16.1 Å². The van der Waals surface area contributed by atoms with Crippen LogP contribution in [-0.2, 0) is 11.5 Å². The first-order chi connectivity index (χ1) is 5.81. The number of carbonyl (C=O) groups excluding carboxylic acids is 1. The minimum Gasteiger partial charge on any atom is -0.364 e. The normalized spacial score (nSPS) is 9.33. The van der Waals surface area contributed by atoms with E-state index in [1.807, 2.05) is 6.07 Å². The molecule has 0 radical (unpaired) electrons. The number of nitrogens with zero attached hydrogens (tertiary/aromatic N) is 2. The predicted molar refractivity (Wildman–Crippen MR) is 41.5 cm³/mol. The first-order valence-corrected chi connectivity index (χ1v) is 3.36. The van der Waals surface area contributed by atoms with E-state index < -0.39 is 0 Å². The summed E-state index contributed by atoms with van der Waals surface area (Å²) in [5, 5.41) is 8.61. The summed E-state index contributed by atoms with van der Waals surface area (Å²) in [5.74, 6) is 0. The molecule has 0 aromatic carbocycles. The van der Waals surface area contributed by atoms with Gasteiger partial charge in [0, 0.05) is 18.9 Å². The summed E-state index contributed by atoms with van der Waals surface area (Å²) in [7, 11) is 1.53. The Labute approximate surface area is 70.0 Å². The second-order valence-electron chi connectivity index (χ2n) is 2.28. The fourth-order valence-corrected chi connectivity index (χ4v) is 0.934. The molecule has 0 aliphatic carbocycles. The molecule has 62 valence electrons. The van der Waals surface area contributed by atoms with Crippen LogP contribution in [0.5, 0.6) is 0 Å². The van der Waals surface area contributed by atoms with E-state index in [2.05, 4.69) is 0 Å². The van der Waals surface area contributed by atoms with Gasteiger partial charge < -0.3 is 9.30 Å². The Hall–Kier alpha value is -1.60. The average molecular weight is 164 g/mol. The Bertz CT molecular complexity index is 322. The van der Waals surface area contributed by atoms with Crippen molar-refractivity contribution in [3.63, 3.8) is 0 Å². The second-order valence-corrected chi connectivity index (χ2v) is 2.28. The number of methoxy groups -OCH3 is 1. The highest BCUT2D eigenvalue weighted by atomic mass is 16.5. The molecule has 0 amide bonds. The molecule has 0 bridgehead atoms. The molecule has 0 unspecified atom stereocenters. The topological polar surface area (TPSA) is 55.0 Å². The second kappa shape index (κ2) is 3.69. The summed E-state index contributed by atoms with van der Waals surface area (Å²) in [4.78, 5) is 10.3. The molecule has 0 spiro atoms. The van der Waals surface area contributed by atoms with Crippen LogP contribution in [0, 0.1) is 11.3 Å². The van der Waals surface area contributed by atoms with Gasteiger partial charge in [0.05, 0.1) is 0 Å². The third-order valence-electron chi connectivity index (χ3n) is 1.44. The summed E-state index contributed by atoms with van der Waals surface area (Å²) in [5.41, 5.74) is 0.919. The molecule has 0 atom stereocenters. The molecule has 1 aromatic rings. The molecule has 4 nitrogen and oxygen atoms in total. The Balaban J connectivity index is 3.01. The molecule has 0 fully saturated rings. The molecule has 0 aliphatic heterocycles. The zero-order chi connectivity index (χ0) is 8.97. The number of nitriles is 1. The zero-order valence-corrected chi connectivity index (χ0v) is 6.65. The van der Waals surface area contributed by atoms with Crippen LogP contribution in [0.4, 0.5) is 0 Å². The van der Waals surface area contributed by atoms with Crippen molar-refractivity contribution in [1.82, 2.24) is 4.57 Å². The summed E-state index contributed by atoms with van der Waals surface area (Å²) < 4.78 is 6.40. The minimum absolute atomic E-state index is 0.288. The molecule has 0 saturated carbocycles. The van der Waals surface area contributed by atoms with E-state index in [1.54, 1.807) is 10.8 Å². The van der Waals surface area contributed by atoms with Gasteiger partial charge in [-0.3, -0.25) is 4.79 Å². The molecule has 4 heteroatoms. The van der Waals surface area contributed by atoms with Gasteiger partial charge in [0.15, 0.2) is 6.29 Å². The van der Waals surface area contributed by atoms with Gasteiger partial charge in [0.2, 0.25) is 0 Å². The summed E-state index contributed by atoms with van der Waals surface area (Å²) in [6, 6.07) is 3.48. The first kappa shape index (κ1) is 8.50. The number of aromatic nitrogens is 1. The standard InChI is InChI=1S/C8H8N2O2/c1-12-6-10-4-7(5-11)2-8(10)3-9/h2,4-5H,6H2,1H3. The third-order valence-corrected chi connectivity index (χ3v) is 1.44. The van der Waals surface area contributed by atoms with Gasteiger partial charge in [-0.2, -0.15) is 5.26 Å². The highest BCUT2D eigenvalue weighted by Crippen LogP contribution is 2.05. The summed E-state index contributed by atoms with van der Waals surface area (Å²) >= 11 is 0. The largest absolute Gasteiger partial charge is 0.364 e. The monoisotopic (exact) mass is 164 g/mol. The lowest BCUT2D eigenvalue weighted by atomic mass is 10.3. The lowest BCUT2D eigenvalue weighted by molar-refractivity contribution is 0.112. The minimum atomic E-state index is 0.288. The Morgan fingerprint density at radius 3 is 3.08 bits per heavy atom. The molecule has 1 aromatic heterocycles. The summed E-state index contributed by atoms with van der Waals surface area (Å²) in [6.45, 7) is 0.288. The highest BCUT2D eigenvalue weighted by Gasteiger charge is 2.02. The molecule has 1 heterocycles. The van der Waals surface area contributed by atoms with E-state index in [4.69, 9.17) is 10.00 Å². The quantitative estimate of drug-likeness (QED) is 0.620. The number of carbonyl (C=O) groups is 1. The molecular weight excluding hydrogens is 156 g/mol. The van der Waals surface area contributed by atoms with Crippen molar-refractivity contribution in [3.05, 3.63) is 23.5 Å². The van der Waals surface area contributed by atoms with Crippen LogP contribution in [0.25, 0.3) is 0 Å². The van der Waals surface area contributed by atoms with E-state index in [0.29, 0.717) is 17.5 Å². The number of rotatable bonds is 3. The molecule has 0 aliphatic rings. The smallest absolute Gasteiger partial charge is 0.151 e. The number of hydrogen-bond acceptors (Lipinski definition) is 3. The Kier molecular flexibility index (Phi) is 2.62. The van der Waals surface area contributed by atoms with Gasteiger partial charge in [0.1, 0.15) is 18.5 Å². The SMILES string of the molecule is COCn1cc(C=O)cc1C#N. The number of ether oxygens (including phenoxy) is 1. The van der Waals surface area contributed by atoms with Crippen molar-refractivity contribution in [2.45, 2.75) is 6.73 Å². The maximum absolute atomic E-state index is 10.3. The van der Waals surface area contributed by atoms with E-state index >= 15 is 0 Å². The van der Waals surface area contributed by atoms with Gasteiger partial charge in [0.25, 0.3) is 0 Å². The number of aldehydes is 1. The maximum atomic E-state index is 10.3.